The number of H-pyrrole nitrogens is 1. The van der Waals surface area contributed by atoms with Crippen molar-refractivity contribution >= 4 is 54.2 Å². The molecule has 0 bridgehead atoms. The van der Waals surface area contributed by atoms with Gasteiger partial charge >= 0.3 is 0 Å². The lowest BCUT2D eigenvalue weighted by atomic mass is 9.85. The van der Waals surface area contributed by atoms with Gasteiger partial charge in [-0.25, -0.2) is 0 Å². The van der Waals surface area contributed by atoms with Gasteiger partial charge in [0.15, 0.2) is 0 Å². The Hall–Kier alpha value is -4.54. The molecule has 0 saturated heterocycles. The third-order valence-electron chi connectivity index (χ3n) is 9.93. The number of hydrogen-bond acceptors (Lipinski definition) is 2. The molecule has 8 rings (SSSR count). The van der Waals surface area contributed by atoms with Gasteiger partial charge in [0.05, 0.1) is 6.26 Å². The van der Waals surface area contributed by atoms with Crippen LogP contribution in [0.25, 0.3) is 42.9 Å². The molecule has 0 aliphatic rings. The normalized spacial score (nSPS) is 12.3. The van der Waals surface area contributed by atoms with E-state index in [2.05, 4.69) is 197 Å². The van der Waals surface area contributed by atoms with Crippen molar-refractivity contribution in [3.63, 3.8) is 0 Å². The topological polar surface area (TPSA) is 33.9 Å². The lowest BCUT2D eigenvalue weighted by molar-refractivity contribution is 0.557. The first kappa shape index (κ1) is 40.6. The largest absolute Gasteiger partial charge is 0.464 e. The smallest absolute Gasteiger partial charge is 0.134 e. The van der Waals surface area contributed by atoms with Crippen LogP contribution >= 0.6 is 11.3 Å². The number of nitrogens with one attached hydrogen (secondary N) is 1. The second-order valence-corrected chi connectivity index (χ2v) is 19.5. The summed E-state index contributed by atoms with van der Waals surface area (Å²) in [6, 6.07) is 33.9. The van der Waals surface area contributed by atoms with Gasteiger partial charge in [0.1, 0.15) is 5.58 Å². The number of aromatic nitrogens is 2. The van der Waals surface area contributed by atoms with Crippen LogP contribution in [0.2, 0.25) is 0 Å². The summed E-state index contributed by atoms with van der Waals surface area (Å²) in [5.41, 5.74) is 11.3. The van der Waals surface area contributed by atoms with Gasteiger partial charge in [-0.05, 0) is 80.3 Å². The molecule has 54 heavy (non-hydrogen) atoms. The number of thiophene rings is 1. The van der Waals surface area contributed by atoms with Crippen molar-refractivity contribution in [3.8, 4) is 0 Å². The fourth-order valence-corrected chi connectivity index (χ4v) is 8.49. The van der Waals surface area contributed by atoms with E-state index in [9.17, 15) is 0 Å². The van der Waals surface area contributed by atoms with E-state index < -0.39 is 0 Å². The van der Waals surface area contributed by atoms with Crippen LogP contribution in [0.4, 0.5) is 0 Å². The highest BCUT2D eigenvalue weighted by molar-refractivity contribution is 7.17. The highest BCUT2D eigenvalue weighted by Crippen LogP contribution is 2.35. The van der Waals surface area contributed by atoms with Gasteiger partial charge in [-0.15, -0.1) is 11.3 Å². The van der Waals surface area contributed by atoms with E-state index >= 15 is 0 Å². The highest BCUT2D eigenvalue weighted by Gasteiger charge is 2.22. The molecule has 4 heteroatoms. The monoisotopic (exact) mass is 738 g/mol. The summed E-state index contributed by atoms with van der Waals surface area (Å²) in [6.45, 7) is 29.1. The van der Waals surface area contributed by atoms with Crippen LogP contribution in [0.15, 0.2) is 119 Å². The number of nitrogens with zero attached hydrogens (tertiary/aromatic N) is 1. The summed E-state index contributed by atoms with van der Waals surface area (Å²) in [5, 5.41) is 7.67. The summed E-state index contributed by atoms with van der Waals surface area (Å²) in [6.07, 6.45) is 4.11. The summed E-state index contributed by atoms with van der Waals surface area (Å²) in [5.74, 6) is 0. The number of para-hydroxylation sites is 3. The van der Waals surface area contributed by atoms with Crippen molar-refractivity contribution in [2.24, 2.45) is 7.05 Å². The molecule has 0 spiro atoms. The molecule has 0 aliphatic heterocycles. The van der Waals surface area contributed by atoms with E-state index in [4.69, 9.17) is 4.42 Å². The van der Waals surface area contributed by atoms with Crippen LogP contribution in [0.3, 0.4) is 0 Å². The number of rotatable bonds is 0. The van der Waals surface area contributed by atoms with Crippen molar-refractivity contribution in [2.75, 3.05) is 0 Å². The van der Waals surface area contributed by atoms with Crippen molar-refractivity contribution in [3.05, 3.63) is 143 Å². The lowest BCUT2D eigenvalue weighted by Gasteiger charge is -2.19. The molecular formula is C50H62N2OS. The molecule has 1 N–H and O–H groups in total. The molecule has 4 aromatic heterocycles. The molecule has 8 aromatic rings. The summed E-state index contributed by atoms with van der Waals surface area (Å²) < 4.78 is 9.08. The van der Waals surface area contributed by atoms with Crippen LogP contribution in [0.5, 0.6) is 0 Å². The first-order chi connectivity index (χ1) is 25.2. The van der Waals surface area contributed by atoms with Crippen LogP contribution < -0.4 is 0 Å². The van der Waals surface area contributed by atoms with Crippen molar-refractivity contribution in [2.45, 2.75) is 112 Å². The lowest BCUT2D eigenvalue weighted by Crippen LogP contribution is -2.11. The maximum atomic E-state index is 5.48. The number of aromatic amines is 1. The van der Waals surface area contributed by atoms with E-state index in [-0.39, 0.29) is 21.7 Å². The number of aryl methyl sites for hydroxylation is 2. The minimum absolute atomic E-state index is 0.159. The Labute approximate surface area is 328 Å². The minimum Gasteiger partial charge on any atom is -0.464 e. The third kappa shape index (κ3) is 9.21. The molecule has 0 atom stereocenters. The maximum absolute atomic E-state index is 5.48. The van der Waals surface area contributed by atoms with Crippen molar-refractivity contribution in [1.29, 1.82) is 0 Å². The number of benzene rings is 4. The quantitative estimate of drug-likeness (QED) is 0.165. The second kappa shape index (κ2) is 15.7. The SMILES string of the molecule is CC(C)(C)c1coc2ccccc12.CC(C)(C)c1csc2ccccc12.Cc1[nH]c2ccccc2c1C(C)(C)C.Cn1cc(C(C)(C)C)c2ccccc21. The molecule has 0 amide bonds. The second-order valence-electron chi connectivity index (χ2n) is 18.6. The maximum Gasteiger partial charge on any atom is 0.134 e. The first-order valence-corrected chi connectivity index (χ1v) is 20.1. The molecule has 0 aliphatic carbocycles. The Morgan fingerprint density at radius 3 is 1.67 bits per heavy atom. The van der Waals surface area contributed by atoms with Crippen LogP contribution in [0.1, 0.15) is 111 Å². The molecule has 4 heterocycles. The average Bonchev–Trinajstić information content (AvgIpc) is 3.87. The van der Waals surface area contributed by atoms with E-state index in [1.54, 1.807) is 0 Å². The summed E-state index contributed by atoms with van der Waals surface area (Å²) in [4.78, 5) is 3.43. The van der Waals surface area contributed by atoms with Gasteiger partial charge in [-0.1, -0.05) is 156 Å². The van der Waals surface area contributed by atoms with E-state index in [1.807, 2.05) is 35.8 Å². The van der Waals surface area contributed by atoms with Gasteiger partial charge in [0, 0.05) is 56.4 Å². The number of hydrogen-bond donors (Lipinski definition) is 1. The fraction of sp³-hybridized carbons (Fsp3) is 0.360. The van der Waals surface area contributed by atoms with E-state index in [1.165, 1.54) is 65.2 Å². The Balaban J connectivity index is 0.000000139. The Morgan fingerprint density at radius 2 is 1.06 bits per heavy atom. The summed E-state index contributed by atoms with van der Waals surface area (Å²) in [7, 11) is 2.11. The molecule has 3 nitrogen and oxygen atoms in total. The van der Waals surface area contributed by atoms with E-state index in [0.29, 0.717) is 0 Å². The van der Waals surface area contributed by atoms with Gasteiger partial charge in [0.25, 0.3) is 0 Å². The summed E-state index contributed by atoms with van der Waals surface area (Å²) >= 11 is 1.84. The van der Waals surface area contributed by atoms with Gasteiger partial charge in [-0.3, -0.25) is 0 Å². The standard InChI is InChI=1S/2C13H17N.C12H14O.C12H14S/c1-13(2,3)11-9-14(4)12-8-6-5-7-10(11)12;1-9-12(13(2,3)4)10-7-5-6-8-11(10)14-9;2*1-12(2,3)10-8-13-11-7-5-4-6-9(10)11/h5-9H,1-4H3;5-8,14H,1-4H3;2*4-8H,1-3H3. The van der Waals surface area contributed by atoms with Crippen LogP contribution in [-0.4, -0.2) is 9.55 Å². The van der Waals surface area contributed by atoms with Gasteiger partial charge < -0.3 is 14.0 Å². The zero-order valence-electron chi connectivity index (χ0n) is 35.2. The highest BCUT2D eigenvalue weighted by atomic mass is 32.1. The third-order valence-corrected chi connectivity index (χ3v) is 10.9. The van der Waals surface area contributed by atoms with Gasteiger partial charge in [-0.2, -0.15) is 0 Å². The predicted octanol–water partition coefficient (Wildman–Crippen LogP) is 15.2. The van der Waals surface area contributed by atoms with Crippen LogP contribution in [0, 0.1) is 6.92 Å². The van der Waals surface area contributed by atoms with Crippen molar-refractivity contribution < 1.29 is 4.42 Å². The molecule has 0 fully saturated rings. The predicted molar refractivity (Wildman–Crippen MR) is 239 cm³/mol. The van der Waals surface area contributed by atoms with Gasteiger partial charge in [0.2, 0.25) is 0 Å². The Kier molecular flexibility index (Phi) is 11.8. The Morgan fingerprint density at radius 1 is 0.537 bits per heavy atom. The van der Waals surface area contributed by atoms with Crippen LogP contribution in [-0.2, 0) is 28.7 Å². The molecule has 0 unspecified atom stereocenters. The minimum atomic E-state index is 0.159. The molecule has 4 aromatic carbocycles. The zero-order valence-corrected chi connectivity index (χ0v) is 36.0. The van der Waals surface area contributed by atoms with E-state index in [0.717, 1.165) is 5.58 Å². The zero-order chi connectivity index (χ0) is 39.6. The molecule has 0 radical (unpaired) electrons. The number of furan rings is 1. The molecule has 284 valence electrons. The molecular weight excluding hydrogens is 677 g/mol. The Bertz CT molecular complexity index is 2360. The average molecular weight is 739 g/mol. The molecule has 0 saturated carbocycles. The number of fused-ring (bicyclic) bond motifs is 4. The van der Waals surface area contributed by atoms with Crippen molar-refractivity contribution in [1.82, 2.24) is 9.55 Å². The first-order valence-electron chi connectivity index (χ1n) is 19.2. The fourth-order valence-electron chi connectivity index (χ4n) is 7.30.